The van der Waals surface area contributed by atoms with Gasteiger partial charge < -0.3 is 14.2 Å². The Morgan fingerprint density at radius 2 is 2.17 bits per heavy atom. The summed E-state index contributed by atoms with van der Waals surface area (Å²) in [5.41, 5.74) is 0.955. The molecule has 2 heterocycles. The van der Waals surface area contributed by atoms with E-state index in [0.29, 0.717) is 25.1 Å². The van der Waals surface area contributed by atoms with Gasteiger partial charge in [0.1, 0.15) is 0 Å². The molecule has 7 heteroatoms. The minimum Gasteiger partial charge on any atom is -0.378 e. The van der Waals surface area contributed by atoms with E-state index in [4.69, 9.17) is 4.74 Å². The fourth-order valence-corrected chi connectivity index (χ4v) is 3.97. The van der Waals surface area contributed by atoms with Crippen molar-refractivity contribution in [3.8, 4) is 0 Å². The Hall–Kier alpha value is -0.920. The molecule has 1 aliphatic heterocycles. The largest absolute Gasteiger partial charge is 0.378 e. The van der Waals surface area contributed by atoms with Crippen molar-refractivity contribution in [2.24, 2.45) is 5.92 Å². The highest BCUT2D eigenvalue weighted by Crippen LogP contribution is 2.18. The van der Waals surface area contributed by atoms with Crippen molar-refractivity contribution in [3.05, 3.63) is 11.9 Å². The summed E-state index contributed by atoms with van der Waals surface area (Å²) in [4.78, 5) is 6.39. The summed E-state index contributed by atoms with van der Waals surface area (Å²) >= 11 is 0. The zero-order chi connectivity index (χ0) is 17.7. The normalized spacial score (nSPS) is 19.3. The molecule has 1 unspecified atom stereocenters. The van der Waals surface area contributed by atoms with Crippen LogP contribution in [0.15, 0.2) is 11.4 Å². The van der Waals surface area contributed by atoms with E-state index in [2.05, 4.69) is 30.8 Å². The molecule has 0 spiro atoms. The molecule has 138 valence electrons. The smallest absolute Gasteiger partial charge is 0.227 e. The molecule has 6 nitrogen and oxygen atoms in total. The van der Waals surface area contributed by atoms with Crippen LogP contribution in [0.1, 0.15) is 45.2 Å². The van der Waals surface area contributed by atoms with Gasteiger partial charge in [-0.1, -0.05) is 13.8 Å². The second-order valence-electron chi connectivity index (χ2n) is 7.32. The van der Waals surface area contributed by atoms with E-state index in [0.717, 1.165) is 31.7 Å². The van der Waals surface area contributed by atoms with E-state index >= 15 is 0 Å². The quantitative estimate of drug-likeness (QED) is 0.714. The Morgan fingerprint density at radius 3 is 2.75 bits per heavy atom. The fraction of sp³-hybridized carbons (Fsp3) is 0.824. The first-order valence-electron chi connectivity index (χ1n) is 8.82. The first-order valence-corrected chi connectivity index (χ1v) is 10.7. The monoisotopic (exact) mass is 357 g/mol. The number of aromatic nitrogens is 2. The van der Waals surface area contributed by atoms with Gasteiger partial charge in [0.05, 0.1) is 18.0 Å². The predicted octanol–water partition coefficient (Wildman–Crippen LogP) is 2.33. The predicted molar refractivity (Wildman–Crippen MR) is 94.7 cm³/mol. The van der Waals surface area contributed by atoms with Crippen LogP contribution in [0.4, 0.5) is 0 Å². The minimum atomic E-state index is -3.31. The zero-order valence-corrected chi connectivity index (χ0v) is 16.2. The number of hydrogen-bond acceptors (Lipinski definition) is 5. The highest BCUT2D eigenvalue weighted by molar-refractivity contribution is 7.90. The van der Waals surface area contributed by atoms with Gasteiger partial charge in [-0.15, -0.1) is 0 Å². The van der Waals surface area contributed by atoms with Crippen LogP contribution in [0.3, 0.4) is 0 Å². The van der Waals surface area contributed by atoms with Gasteiger partial charge in [-0.3, -0.25) is 0 Å². The fourth-order valence-electron chi connectivity index (χ4n) is 3.13. The van der Waals surface area contributed by atoms with Gasteiger partial charge in [0.2, 0.25) is 15.0 Å². The van der Waals surface area contributed by atoms with Crippen molar-refractivity contribution in [3.63, 3.8) is 0 Å². The summed E-state index contributed by atoms with van der Waals surface area (Å²) < 4.78 is 31.5. The molecule has 2 rings (SSSR count). The van der Waals surface area contributed by atoms with Crippen LogP contribution in [0.5, 0.6) is 0 Å². The van der Waals surface area contributed by atoms with Crippen molar-refractivity contribution >= 4 is 9.84 Å². The molecule has 0 radical (unpaired) electrons. The number of sulfone groups is 1. The Morgan fingerprint density at radius 1 is 1.42 bits per heavy atom. The van der Waals surface area contributed by atoms with Crippen LogP contribution in [0.25, 0.3) is 0 Å². The highest BCUT2D eigenvalue weighted by Gasteiger charge is 2.20. The Balaban J connectivity index is 2.01. The van der Waals surface area contributed by atoms with E-state index in [1.54, 1.807) is 6.20 Å². The van der Waals surface area contributed by atoms with Crippen LogP contribution >= 0.6 is 0 Å². The van der Waals surface area contributed by atoms with E-state index in [-0.39, 0.29) is 5.16 Å². The summed E-state index contributed by atoms with van der Waals surface area (Å²) in [7, 11) is -1.24. The van der Waals surface area contributed by atoms with Gasteiger partial charge >= 0.3 is 0 Å². The summed E-state index contributed by atoms with van der Waals surface area (Å²) in [5, 5.41) is 0.176. The molecule has 0 N–H and O–H groups in total. The first kappa shape index (κ1) is 19.4. The maximum Gasteiger partial charge on any atom is 0.227 e. The lowest BCUT2D eigenvalue weighted by Gasteiger charge is -2.25. The molecule has 0 aromatic carbocycles. The highest BCUT2D eigenvalue weighted by atomic mass is 32.2. The van der Waals surface area contributed by atoms with Gasteiger partial charge in [-0.05, 0) is 38.6 Å². The zero-order valence-electron chi connectivity index (χ0n) is 15.4. The molecule has 24 heavy (non-hydrogen) atoms. The molecule has 1 aromatic rings. The van der Waals surface area contributed by atoms with Crippen LogP contribution < -0.4 is 0 Å². The maximum absolute atomic E-state index is 12.0. The summed E-state index contributed by atoms with van der Waals surface area (Å²) in [6.07, 6.45) is 7.90. The molecule has 1 saturated heterocycles. The van der Waals surface area contributed by atoms with Crippen LogP contribution in [-0.4, -0.2) is 55.4 Å². The Bertz CT molecular complexity index is 619. The second-order valence-corrected chi connectivity index (χ2v) is 9.23. The lowest BCUT2D eigenvalue weighted by atomic mass is 10.1. The molecule has 0 aliphatic carbocycles. The van der Waals surface area contributed by atoms with Crippen molar-refractivity contribution in [1.82, 2.24) is 14.5 Å². The number of rotatable bonds is 8. The average Bonchev–Trinajstić information content (AvgIpc) is 2.88. The third kappa shape index (κ3) is 5.57. The number of hydrogen-bond donors (Lipinski definition) is 0. The van der Waals surface area contributed by atoms with Gasteiger partial charge in [0.25, 0.3) is 0 Å². The van der Waals surface area contributed by atoms with Crippen molar-refractivity contribution in [2.45, 2.75) is 63.9 Å². The van der Waals surface area contributed by atoms with Gasteiger partial charge in [0.15, 0.2) is 0 Å². The molecule has 0 saturated carbocycles. The first-order chi connectivity index (χ1) is 11.3. The minimum absolute atomic E-state index is 0.176. The van der Waals surface area contributed by atoms with Crippen molar-refractivity contribution in [1.29, 1.82) is 0 Å². The number of nitrogens with zero attached hydrogens (tertiary/aromatic N) is 3. The van der Waals surface area contributed by atoms with Gasteiger partial charge in [-0.2, -0.15) is 0 Å². The SMILES string of the molecule is CC(C)Cn1c(CN(C)CCC2CCCCO2)cnc1S(C)(=O)=O. The Labute approximate surface area is 146 Å². The van der Waals surface area contributed by atoms with Gasteiger partial charge in [-0.25, -0.2) is 13.4 Å². The molecular formula is C17H31N3O3S. The molecule has 1 fully saturated rings. The van der Waals surface area contributed by atoms with Crippen LogP contribution in [0.2, 0.25) is 0 Å². The summed E-state index contributed by atoms with van der Waals surface area (Å²) in [6, 6.07) is 0. The Kier molecular flexibility index (Phi) is 6.83. The molecule has 1 aliphatic rings. The second kappa shape index (κ2) is 8.45. The topological polar surface area (TPSA) is 64.4 Å². The van der Waals surface area contributed by atoms with Crippen molar-refractivity contribution < 1.29 is 13.2 Å². The maximum atomic E-state index is 12.0. The molecule has 0 bridgehead atoms. The molecule has 1 aromatic heterocycles. The van der Waals surface area contributed by atoms with E-state index < -0.39 is 9.84 Å². The number of ether oxygens (including phenoxy) is 1. The third-order valence-corrected chi connectivity index (χ3v) is 5.31. The van der Waals surface area contributed by atoms with E-state index in [1.807, 2.05) is 4.57 Å². The average molecular weight is 358 g/mol. The lowest BCUT2D eigenvalue weighted by molar-refractivity contribution is 0.00631. The van der Waals surface area contributed by atoms with Crippen LogP contribution in [0, 0.1) is 5.92 Å². The third-order valence-electron chi connectivity index (χ3n) is 4.32. The summed E-state index contributed by atoms with van der Waals surface area (Å²) in [5.74, 6) is 0.361. The summed E-state index contributed by atoms with van der Waals surface area (Å²) in [6.45, 7) is 7.35. The van der Waals surface area contributed by atoms with Gasteiger partial charge in [0, 0.05) is 32.5 Å². The molecule has 0 amide bonds. The number of imidazole rings is 1. The van der Waals surface area contributed by atoms with Crippen molar-refractivity contribution in [2.75, 3.05) is 26.5 Å². The van der Waals surface area contributed by atoms with E-state index in [9.17, 15) is 8.42 Å². The lowest BCUT2D eigenvalue weighted by Crippen LogP contribution is -2.27. The van der Waals surface area contributed by atoms with Crippen LogP contribution in [-0.2, 0) is 27.7 Å². The van der Waals surface area contributed by atoms with E-state index in [1.165, 1.54) is 19.1 Å². The molecular weight excluding hydrogens is 326 g/mol. The molecule has 1 atom stereocenters. The standard InChI is InChI=1S/C17H31N3O3S/c1-14(2)12-20-15(11-18-17(20)24(4,21)22)13-19(3)9-8-16-7-5-6-10-23-16/h11,14,16H,5-10,12-13H2,1-4H3.